The van der Waals surface area contributed by atoms with E-state index in [1.165, 1.54) is 16.0 Å². The fourth-order valence-electron chi connectivity index (χ4n) is 2.49. The van der Waals surface area contributed by atoms with Gasteiger partial charge in [0, 0.05) is 17.7 Å². The summed E-state index contributed by atoms with van der Waals surface area (Å²) in [6.45, 7) is 4.00. The molecule has 1 aromatic carbocycles. The van der Waals surface area contributed by atoms with E-state index in [4.69, 9.17) is 11.6 Å². The smallest absolute Gasteiger partial charge is 0.132 e. The van der Waals surface area contributed by atoms with E-state index >= 15 is 0 Å². The van der Waals surface area contributed by atoms with Gasteiger partial charge in [0.15, 0.2) is 0 Å². The van der Waals surface area contributed by atoms with Crippen molar-refractivity contribution >= 4 is 29.1 Å². The first kappa shape index (κ1) is 15.9. The van der Waals surface area contributed by atoms with Crippen molar-refractivity contribution in [1.82, 2.24) is 5.32 Å². The number of carbonyl (C=O) groups excluding carboxylic acids is 1. The average molecular weight is 312 g/mol. The standard InChI is InChI=1S/C16H22ClNOS/c1-2-13(19)4-3-11-20-16-14-8-10-18-9-7-12(14)5-6-15(16)17/h5-6,18H,2-4,7-11H2,1H3. The number of ketones is 1. The van der Waals surface area contributed by atoms with Crippen LogP contribution in [0, 0.1) is 0 Å². The van der Waals surface area contributed by atoms with Crippen LogP contribution in [-0.4, -0.2) is 24.6 Å². The van der Waals surface area contributed by atoms with Gasteiger partial charge in [-0.15, -0.1) is 11.8 Å². The van der Waals surface area contributed by atoms with Gasteiger partial charge in [0.1, 0.15) is 5.78 Å². The second kappa shape index (κ2) is 8.06. The lowest BCUT2D eigenvalue weighted by Gasteiger charge is -2.13. The van der Waals surface area contributed by atoms with Gasteiger partial charge in [-0.2, -0.15) is 0 Å². The number of carbonyl (C=O) groups is 1. The molecule has 1 aliphatic heterocycles. The predicted octanol–water partition coefficient (Wildman–Crippen LogP) is 3.88. The van der Waals surface area contributed by atoms with Gasteiger partial charge >= 0.3 is 0 Å². The summed E-state index contributed by atoms with van der Waals surface area (Å²) in [4.78, 5) is 12.6. The molecule has 1 heterocycles. The fourth-order valence-corrected chi connectivity index (χ4v) is 3.93. The minimum atomic E-state index is 0.354. The van der Waals surface area contributed by atoms with Crippen molar-refractivity contribution in [3.8, 4) is 0 Å². The second-order valence-corrected chi connectivity index (χ2v) is 6.62. The molecule has 4 heteroatoms. The van der Waals surface area contributed by atoms with Crippen LogP contribution >= 0.6 is 23.4 Å². The molecule has 1 N–H and O–H groups in total. The molecular formula is C16H22ClNOS. The largest absolute Gasteiger partial charge is 0.316 e. The lowest BCUT2D eigenvalue weighted by molar-refractivity contribution is -0.118. The molecule has 0 bridgehead atoms. The molecule has 2 nitrogen and oxygen atoms in total. The molecule has 0 fully saturated rings. The fraction of sp³-hybridized carbons (Fsp3) is 0.562. The number of rotatable bonds is 6. The molecule has 2 rings (SSSR count). The van der Waals surface area contributed by atoms with E-state index in [-0.39, 0.29) is 0 Å². The van der Waals surface area contributed by atoms with E-state index in [1.807, 2.05) is 24.8 Å². The molecule has 0 saturated carbocycles. The van der Waals surface area contributed by atoms with Crippen molar-refractivity contribution < 1.29 is 4.79 Å². The summed E-state index contributed by atoms with van der Waals surface area (Å²) in [6.07, 6.45) is 4.41. The number of hydrogen-bond donors (Lipinski definition) is 1. The zero-order chi connectivity index (χ0) is 14.4. The highest BCUT2D eigenvalue weighted by atomic mass is 35.5. The van der Waals surface area contributed by atoms with Gasteiger partial charge in [0.25, 0.3) is 0 Å². The van der Waals surface area contributed by atoms with E-state index < -0.39 is 0 Å². The average Bonchev–Trinajstić information content (AvgIpc) is 2.70. The van der Waals surface area contributed by atoms with Gasteiger partial charge in [0.2, 0.25) is 0 Å². The zero-order valence-electron chi connectivity index (χ0n) is 12.0. The molecule has 1 aromatic rings. The van der Waals surface area contributed by atoms with Crippen LogP contribution in [0.2, 0.25) is 5.02 Å². The quantitative estimate of drug-likeness (QED) is 0.638. The Kier molecular flexibility index (Phi) is 6.40. The van der Waals surface area contributed by atoms with E-state index in [0.717, 1.165) is 43.1 Å². The molecule has 110 valence electrons. The van der Waals surface area contributed by atoms with E-state index in [9.17, 15) is 4.79 Å². The van der Waals surface area contributed by atoms with Crippen molar-refractivity contribution in [1.29, 1.82) is 0 Å². The minimum Gasteiger partial charge on any atom is -0.316 e. The molecule has 0 aromatic heterocycles. The lowest BCUT2D eigenvalue weighted by atomic mass is 10.0. The normalized spacial score (nSPS) is 14.7. The predicted molar refractivity (Wildman–Crippen MR) is 87.0 cm³/mol. The van der Waals surface area contributed by atoms with Crippen LogP contribution in [-0.2, 0) is 17.6 Å². The van der Waals surface area contributed by atoms with Gasteiger partial charge < -0.3 is 5.32 Å². The number of halogens is 1. The molecule has 0 amide bonds. The van der Waals surface area contributed by atoms with Crippen molar-refractivity contribution in [3.63, 3.8) is 0 Å². The molecule has 0 aliphatic carbocycles. The Hall–Kier alpha value is -0.510. The number of hydrogen-bond acceptors (Lipinski definition) is 3. The molecular weight excluding hydrogens is 290 g/mol. The maximum absolute atomic E-state index is 11.3. The second-order valence-electron chi connectivity index (χ2n) is 5.11. The first-order valence-electron chi connectivity index (χ1n) is 7.38. The minimum absolute atomic E-state index is 0.354. The van der Waals surface area contributed by atoms with Crippen LogP contribution in [0.5, 0.6) is 0 Å². The Labute approximate surface area is 130 Å². The third-order valence-electron chi connectivity index (χ3n) is 3.67. The highest BCUT2D eigenvalue weighted by Gasteiger charge is 2.15. The third kappa shape index (κ3) is 4.24. The summed E-state index contributed by atoms with van der Waals surface area (Å²) >= 11 is 8.19. The highest BCUT2D eigenvalue weighted by molar-refractivity contribution is 7.99. The maximum Gasteiger partial charge on any atom is 0.132 e. The van der Waals surface area contributed by atoms with Crippen molar-refractivity contribution in [2.24, 2.45) is 0 Å². The number of nitrogens with one attached hydrogen (secondary N) is 1. The number of thioether (sulfide) groups is 1. The lowest BCUT2D eigenvalue weighted by Crippen LogP contribution is -2.16. The van der Waals surface area contributed by atoms with Crippen LogP contribution in [0.15, 0.2) is 17.0 Å². The van der Waals surface area contributed by atoms with E-state index in [1.54, 1.807) is 0 Å². The third-order valence-corrected chi connectivity index (χ3v) is 5.35. The van der Waals surface area contributed by atoms with Gasteiger partial charge in [-0.25, -0.2) is 0 Å². The van der Waals surface area contributed by atoms with E-state index in [2.05, 4.69) is 11.4 Å². The number of benzene rings is 1. The van der Waals surface area contributed by atoms with Crippen molar-refractivity contribution in [2.45, 2.75) is 43.9 Å². The summed E-state index contributed by atoms with van der Waals surface area (Å²) < 4.78 is 0. The highest BCUT2D eigenvalue weighted by Crippen LogP contribution is 2.34. The molecule has 0 atom stereocenters. The molecule has 0 spiro atoms. The van der Waals surface area contributed by atoms with Crippen LogP contribution in [0.4, 0.5) is 0 Å². The summed E-state index contributed by atoms with van der Waals surface area (Å²) in [5.41, 5.74) is 2.83. The van der Waals surface area contributed by atoms with Gasteiger partial charge in [-0.1, -0.05) is 24.6 Å². The first-order valence-corrected chi connectivity index (χ1v) is 8.74. The summed E-state index contributed by atoms with van der Waals surface area (Å²) in [5, 5.41) is 4.29. The summed E-state index contributed by atoms with van der Waals surface area (Å²) in [7, 11) is 0. The molecule has 20 heavy (non-hydrogen) atoms. The van der Waals surface area contributed by atoms with Gasteiger partial charge in [-0.05, 0) is 55.3 Å². The van der Waals surface area contributed by atoms with Crippen LogP contribution in [0.25, 0.3) is 0 Å². The van der Waals surface area contributed by atoms with Crippen molar-refractivity contribution in [2.75, 3.05) is 18.8 Å². The molecule has 0 unspecified atom stereocenters. The zero-order valence-corrected chi connectivity index (χ0v) is 13.6. The Balaban J connectivity index is 2.01. The SMILES string of the molecule is CCC(=O)CCCSc1c(Cl)ccc2c1CCNCC2. The number of Topliss-reactive ketones (excluding diaryl/α,β-unsaturated/α-hetero) is 1. The first-order chi connectivity index (χ1) is 9.72. The monoisotopic (exact) mass is 311 g/mol. The molecule has 1 aliphatic rings. The number of fused-ring (bicyclic) bond motifs is 1. The van der Waals surface area contributed by atoms with Gasteiger partial charge in [0.05, 0.1) is 5.02 Å². The topological polar surface area (TPSA) is 29.1 Å². The maximum atomic E-state index is 11.3. The molecule has 0 radical (unpaired) electrons. The van der Waals surface area contributed by atoms with Crippen LogP contribution < -0.4 is 5.32 Å². The van der Waals surface area contributed by atoms with Crippen LogP contribution in [0.1, 0.15) is 37.3 Å². The van der Waals surface area contributed by atoms with Crippen LogP contribution in [0.3, 0.4) is 0 Å². The Bertz CT molecular complexity index is 476. The van der Waals surface area contributed by atoms with E-state index in [0.29, 0.717) is 18.6 Å². The Morgan fingerprint density at radius 3 is 2.95 bits per heavy atom. The summed E-state index contributed by atoms with van der Waals surface area (Å²) in [5.74, 6) is 1.32. The van der Waals surface area contributed by atoms with Gasteiger partial charge in [-0.3, -0.25) is 4.79 Å². The Morgan fingerprint density at radius 1 is 1.35 bits per heavy atom. The Morgan fingerprint density at radius 2 is 2.15 bits per heavy atom. The summed E-state index contributed by atoms with van der Waals surface area (Å²) in [6, 6.07) is 4.18. The molecule has 0 saturated heterocycles. The van der Waals surface area contributed by atoms with Crippen molar-refractivity contribution in [3.05, 3.63) is 28.3 Å².